The Morgan fingerprint density at radius 1 is 1.25 bits per heavy atom. The molecule has 1 fully saturated rings. The van der Waals surface area contributed by atoms with E-state index in [1.54, 1.807) is 0 Å². The summed E-state index contributed by atoms with van der Waals surface area (Å²) in [7, 11) is 4.36. The van der Waals surface area contributed by atoms with Crippen LogP contribution in [0.5, 0.6) is 0 Å². The molecule has 0 amide bonds. The zero-order chi connectivity index (χ0) is 11.6. The summed E-state index contributed by atoms with van der Waals surface area (Å²) in [6.07, 6.45) is 2.32. The summed E-state index contributed by atoms with van der Waals surface area (Å²) in [6, 6.07) is 9.12. The predicted octanol–water partition coefficient (Wildman–Crippen LogP) is 2.00. The van der Waals surface area contributed by atoms with Crippen LogP contribution < -0.4 is 5.32 Å². The van der Waals surface area contributed by atoms with Crippen molar-refractivity contribution in [2.75, 3.05) is 27.2 Å². The zero-order valence-corrected chi connectivity index (χ0v) is 10.6. The molecule has 88 valence electrons. The Morgan fingerprint density at radius 3 is 2.38 bits per heavy atom. The average Bonchev–Trinajstić information content (AvgIpc) is 2.79. The third-order valence-electron chi connectivity index (χ3n) is 3.89. The number of rotatable bonds is 3. The highest BCUT2D eigenvalue weighted by Gasteiger charge is 2.37. The topological polar surface area (TPSA) is 15.3 Å². The van der Waals surface area contributed by atoms with Crippen molar-refractivity contribution in [1.29, 1.82) is 0 Å². The van der Waals surface area contributed by atoms with E-state index in [4.69, 9.17) is 0 Å². The molecule has 0 spiro atoms. The van der Waals surface area contributed by atoms with Crippen molar-refractivity contribution < 1.29 is 0 Å². The fourth-order valence-corrected chi connectivity index (χ4v) is 2.62. The molecule has 0 aromatic heterocycles. The molecular weight excluding hydrogens is 196 g/mol. The molecule has 0 radical (unpaired) electrons. The first kappa shape index (κ1) is 11.6. The van der Waals surface area contributed by atoms with Crippen molar-refractivity contribution in [2.45, 2.75) is 25.3 Å². The van der Waals surface area contributed by atoms with Crippen LogP contribution in [0.2, 0.25) is 0 Å². The van der Waals surface area contributed by atoms with E-state index >= 15 is 0 Å². The van der Waals surface area contributed by atoms with Gasteiger partial charge in [-0.05, 0) is 44.6 Å². The highest BCUT2D eigenvalue weighted by molar-refractivity contribution is 5.30. The van der Waals surface area contributed by atoms with Gasteiger partial charge in [0.1, 0.15) is 0 Å². The van der Waals surface area contributed by atoms with Crippen LogP contribution in [0.4, 0.5) is 0 Å². The smallest absolute Gasteiger partial charge is 0.0593 e. The van der Waals surface area contributed by atoms with E-state index in [1.807, 2.05) is 0 Å². The van der Waals surface area contributed by atoms with Gasteiger partial charge >= 0.3 is 0 Å². The van der Waals surface area contributed by atoms with Crippen molar-refractivity contribution in [1.82, 2.24) is 10.2 Å². The lowest BCUT2D eigenvalue weighted by atomic mass is 9.87. The molecule has 0 bridgehead atoms. The van der Waals surface area contributed by atoms with E-state index < -0.39 is 0 Å². The number of hydrogen-bond donors (Lipinski definition) is 1. The number of nitrogens with one attached hydrogen (secondary N) is 1. The summed E-state index contributed by atoms with van der Waals surface area (Å²) in [5.74, 6) is 0. The molecule has 0 saturated carbocycles. The minimum absolute atomic E-state index is 0.201. The van der Waals surface area contributed by atoms with Gasteiger partial charge in [-0.25, -0.2) is 0 Å². The van der Waals surface area contributed by atoms with Crippen molar-refractivity contribution in [3.8, 4) is 0 Å². The van der Waals surface area contributed by atoms with Crippen LogP contribution in [-0.2, 0) is 12.0 Å². The Morgan fingerprint density at radius 2 is 1.94 bits per heavy atom. The normalized spacial score (nSPS) is 25.2. The lowest BCUT2D eigenvalue weighted by molar-refractivity contribution is 0.174. The number of aryl methyl sites for hydroxylation is 1. The van der Waals surface area contributed by atoms with Gasteiger partial charge in [0.25, 0.3) is 0 Å². The van der Waals surface area contributed by atoms with Crippen molar-refractivity contribution >= 4 is 0 Å². The summed E-state index contributed by atoms with van der Waals surface area (Å²) in [5, 5.41) is 3.48. The largest absolute Gasteiger partial charge is 0.314 e. The van der Waals surface area contributed by atoms with Gasteiger partial charge < -0.3 is 5.32 Å². The first-order chi connectivity index (χ1) is 7.69. The minimum Gasteiger partial charge on any atom is -0.314 e. The second-order valence-electron chi connectivity index (χ2n) is 4.90. The lowest BCUT2D eigenvalue weighted by Crippen LogP contribution is -2.43. The molecule has 1 aliphatic heterocycles. The van der Waals surface area contributed by atoms with Crippen LogP contribution in [0.1, 0.15) is 24.5 Å². The molecule has 1 N–H and O–H groups in total. The summed E-state index contributed by atoms with van der Waals surface area (Å²) in [5.41, 5.74) is 3.06. The fourth-order valence-electron chi connectivity index (χ4n) is 2.62. The van der Waals surface area contributed by atoms with Crippen LogP contribution in [-0.4, -0.2) is 32.1 Å². The monoisotopic (exact) mass is 218 g/mol. The number of hydrogen-bond acceptors (Lipinski definition) is 2. The Labute approximate surface area is 98.7 Å². The molecule has 1 atom stereocenters. The fraction of sp³-hybridized carbons (Fsp3) is 0.571. The van der Waals surface area contributed by atoms with Gasteiger partial charge in [-0.3, -0.25) is 4.90 Å². The van der Waals surface area contributed by atoms with Gasteiger partial charge in [-0.2, -0.15) is 0 Å². The third kappa shape index (κ3) is 1.87. The number of benzene rings is 1. The van der Waals surface area contributed by atoms with Crippen molar-refractivity contribution in [2.24, 2.45) is 0 Å². The second kappa shape index (κ2) is 4.56. The van der Waals surface area contributed by atoms with Gasteiger partial charge in [-0.1, -0.05) is 31.2 Å². The molecule has 2 rings (SSSR count). The van der Waals surface area contributed by atoms with Crippen LogP contribution in [0.3, 0.4) is 0 Å². The first-order valence-electron chi connectivity index (χ1n) is 6.16. The molecule has 0 aliphatic carbocycles. The molecular formula is C14H22N2. The standard InChI is InChI=1S/C14H22N2/c1-4-12-5-7-13(8-6-12)14(16(2)3)9-10-15-11-14/h5-8,15H,4,9-11H2,1-3H3. The Balaban J connectivity index is 2.32. The van der Waals surface area contributed by atoms with Gasteiger partial charge in [-0.15, -0.1) is 0 Å². The number of nitrogens with zero attached hydrogens (tertiary/aromatic N) is 1. The van der Waals surface area contributed by atoms with Crippen LogP contribution in [0.15, 0.2) is 24.3 Å². The summed E-state index contributed by atoms with van der Waals surface area (Å²) in [4.78, 5) is 2.36. The molecule has 1 aromatic rings. The second-order valence-corrected chi connectivity index (χ2v) is 4.90. The SMILES string of the molecule is CCc1ccc(C2(N(C)C)CCNC2)cc1. The molecule has 16 heavy (non-hydrogen) atoms. The predicted molar refractivity (Wildman–Crippen MR) is 68.7 cm³/mol. The van der Waals surface area contributed by atoms with E-state index in [2.05, 4.69) is 55.5 Å². The maximum Gasteiger partial charge on any atom is 0.0593 e. The van der Waals surface area contributed by atoms with Gasteiger partial charge in [0.15, 0.2) is 0 Å². The van der Waals surface area contributed by atoms with E-state index in [0.717, 1.165) is 19.5 Å². The zero-order valence-electron chi connectivity index (χ0n) is 10.6. The van der Waals surface area contributed by atoms with Gasteiger partial charge in [0.05, 0.1) is 5.54 Å². The Bertz CT molecular complexity index is 334. The van der Waals surface area contributed by atoms with Crippen LogP contribution >= 0.6 is 0 Å². The maximum atomic E-state index is 3.48. The Kier molecular flexibility index (Phi) is 3.31. The van der Waals surface area contributed by atoms with Gasteiger partial charge in [0, 0.05) is 6.54 Å². The molecule has 1 unspecified atom stereocenters. The molecule has 2 nitrogen and oxygen atoms in total. The van der Waals surface area contributed by atoms with Crippen molar-refractivity contribution in [3.05, 3.63) is 35.4 Å². The molecule has 1 aromatic carbocycles. The van der Waals surface area contributed by atoms with E-state index in [0.29, 0.717) is 0 Å². The first-order valence-corrected chi connectivity index (χ1v) is 6.16. The molecule has 1 aliphatic rings. The summed E-state index contributed by atoms with van der Waals surface area (Å²) < 4.78 is 0. The molecule has 1 heterocycles. The average molecular weight is 218 g/mol. The molecule has 1 saturated heterocycles. The van der Waals surface area contributed by atoms with E-state index in [9.17, 15) is 0 Å². The lowest BCUT2D eigenvalue weighted by Gasteiger charge is -2.36. The van der Waals surface area contributed by atoms with Crippen LogP contribution in [0, 0.1) is 0 Å². The Hall–Kier alpha value is -0.860. The highest BCUT2D eigenvalue weighted by Crippen LogP contribution is 2.32. The highest BCUT2D eigenvalue weighted by atomic mass is 15.2. The minimum atomic E-state index is 0.201. The maximum absolute atomic E-state index is 3.48. The summed E-state index contributed by atoms with van der Waals surface area (Å²) >= 11 is 0. The van der Waals surface area contributed by atoms with E-state index in [-0.39, 0.29) is 5.54 Å². The van der Waals surface area contributed by atoms with E-state index in [1.165, 1.54) is 17.5 Å². The molecule has 2 heteroatoms. The van der Waals surface area contributed by atoms with Crippen LogP contribution in [0.25, 0.3) is 0 Å². The summed E-state index contributed by atoms with van der Waals surface area (Å²) in [6.45, 7) is 4.38. The third-order valence-corrected chi connectivity index (χ3v) is 3.89. The van der Waals surface area contributed by atoms with Crippen molar-refractivity contribution in [3.63, 3.8) is 0 Å². The quantitative estimate of drug-likeness (QED) is 0.835. The van der Waals surface area contributed by atoms with Gasteiger partial charge in [0.2, 0.25) is 0 Å². The number of likely N-dealkylation sites (N-methyl/N-ethyl adjacent to an activating group) is 1.